The van der Waals surface area contributed by atoms with E-state index in [9.17, 15) is 9.90 Å². The molecule has 2 atom stereocenters. The highest BCUT2D eigenvalue weighted by atomic mass is 16.6. The number of esters is 1. The van der Waals surface area contributed by atoms with Crippen LogP contribution in [0.5, 0.6) is 0 Å². The highest BCUT2D eigenvalue weighted by molar-refractivity contribution is 5.75. The van der Waals surface area contributed by atoms with E-state index in [-0.39, 0.29) is 6.61 Å². The fraction of sp³-hybridized carbons (Fsp3) is 0.533. The molecular formula is C15H21NO4. The van der Waals surface area contributed by atoms with E-state index in [1.165, 1.54) is 5.56 Å². The Kier molecular flexibility index (Phi) is 5.52. The van der Waals surface area contributed by atoms with Crippen LogP contribution < -0.4 is 0 Å². The van der Waals surface area contributed by atoms with Gasteiger partial charge in [0.15, 0.2) is 6.10 Å². The Morgan fingerprint density at radius 3 is 2.95 bits per heavy atom. The van der Waals surface area contributed by atoms with E-state index in [0.29, 0.717) is 13.2 Å². The number of carbonyl (C=O) groups is 1. The summed E-state index contributed by atoms with van der Waals surface area (Å²) in [4.78, 5) is 13.7. The molecule has 1 aliphatic heterocycles. The zero-order valence-corrected chi connectivity index (χ0v) is 11.7. The second kappa shape index (κ2) is 7.38. The van der Waals surface area contributed by atoms with Gasteiger partial charge < -0.3 is 14.6 Å². The molecule has 5 nitrogen and oxygen atoms in total. The molecule has 1 saturated heterocycles. The Balaban J connectivity index is 1.90. The van der Waals surface area contributed by atoms with Crippen molar-refractivity contribution in [3.63, 3.8) is 0 Å². The first-order chi connectivity index (χ1) is 9.70. The Morgan fingerprint density at radius 1 is 1.50 bits per heavy atom. The summed E-state index contributed by atoms with van der Waals surface area (Å²) in [5.74, 6) is -0.612. The molecule has 1 heterocycles. The average Bonchev–Trinajstić information content (AvgIpc) is 2.48. The topological polar surface area (TPSA) is 59.0 Å². The maximum atomic E-state index is 11.5. The second-order valence-electron chi connectivity index (χ2n) is 4.83. The number of benzene rings is 1. The monoisotopic (exact) mass is 279 g/mol. The third-order valence-corrected chi connectivity index (χ3v) is 3.31. The fourth-order valence-corrected chi connectivity index (χ4v) is 2.29. The van der Waals surface area contributed by atoms with E-state index in [1.54, 1.807) is 6.92 Å². The molecule has 0 spiro atoms. The van der Waals surface area contributed by atoms with E-state index in [4.69, 9.17) is 9.47 Å². The first-order valence-corrected chi connectivity index (χ1v) is 6.93. The number of rotatable bonds is 5. The summed E-state index contributed by atoms with van der Waals surface area (Å²) >= 11 is 0. The summed E-state index contributed by atoms with van der Waals surface area (Å²) in [6, 6.07) is 10.1. The molecule has 5 heteroatoms. The number of hydrogen-bond donors (Lipinski definition) is 1. The number of hydrogen-bond acceptors (Lipinski definition) is 5. The molecule has 0 amide bonds. The van der Waals surface area contributed by atoms with Crippen LogP contribution in [0.25, 0.3) is 0 Å². The number of aliphatic hydroxyl groups excluding tert-OH is 1. The van der Waals surface area contributed by atoms with Gasteiger partial charge in [-0.15, -0.1) is 0 Å². The number of nitrogens with zero attached hydrogens (tertiary/aromatic N) is 1. The molecule has 2 unspecified atom stereocenters. The van der Waals surface area contributed by atoms with Crippen molar-refractivity contribution in [1.82, 2.24) is 4.90 Å². The minimum Gasteiger partial charge on any atom is -0.464 e. The van der Waals surface area contributed by atoms with Crippen molar-refractivity contribution in [2.24, 2.45) is 0 Å². The lowest BCUT2D eigenvalue weighted by molar-refractivity contribution is -0.166. The molecule has 0 aromatic heterocycles. The Hall–Kier alpha value is -1.43. The van der Waals surface area contributed by atoms with Crippen LogP contribution in [0, 0.1) is 0 Å². The predicted molar refractivity (Wildman–Crippen MR) is 74.1 cm³/mol. The van der Waals surface area contributed by atoms with Gasteiger partial charge in [0.25, 0.3) is 0 Å². The van der Waals surface area contributed by atoms with Gasteiger partial charge >= 0.3 is 5.97 Å². The Bertz CT molecular complexity index is 423. The van der Waals surface area contributed by atoms with Crippen LogP contribution in [0.2, 0.25) is 0 Å². The first kappa shape index (κ1) is 15.0. The summed E-state index contributed by atoms with van der Waals surface area (Å²) in [6.07, 6.45) is -1.74. The average molecular weight is 279 g/mol. The first-order valence-electron chi connectivity index (χ1n) is 6.93. The van der Waals surface area contributed by atoms with Crippen LogP contribution in [0.4, 0.5) is 0 Å². The SMILES string of the molecule is CCOC(=O)C(O)C1CN(Cc2ccccc2)CCO1. The molecular weight excluding hydrogens is 258 g/mol. The van der Waals surface area contributed by atoms with Crippen molar-refractivity contribution in [1.29, 1.82) is 0 Å². The number of aliphatic hydroxyl groups is 1. The quantitative estimate of drug-likeness (QED) is 0.808. The van der Waals surface area contributed by atoms with Crippen LogP contribution in [-0.4, -0.2) is 54.5 Å². The summed E-state index contributed by atoms with van der Waals surface area (Å²) in [6.45, 7) is 4.59. The van der Waals surface area contributed by atoms with Gasteiger partial charge in [-0.25, -0.2) is 4.79 Å². The highest BCUT2D eigenvalue weighted by Gasteiger charge is 2.32. The lowest BCUT2D eigenvalue weighted by Gasteiger charge is -2.34. The molecule has 110 valence electrons. The van der Waals surface area contributed by atoms with Crippen LogP contribution >= 0.6 is 0 Å². The number of ether oxygens (including phenoxy) is 2. The Labute approximate surface area is 119 Å². The molecule has 1 aromatic rings. The van der Waals surface area contributed by atoms with Crippen molar-refractivity contribution in [3.8, 4) is 0 Å². The summed E-state index contributed by atoms with van der Waals surface area (Å²) in [5, 5.41) is 9.93. The molecule has 20 heavy (non-hydrogen) atoms. The van der Waals surface area contributed by atoms with E-state index in [2.05, 4.69) is 17.0 Å². The molecule has 0 bridgehead atoms. The van der Waals surface area contributed by atoms with Gasteiger partial charge in [0.1, 0.15) is 6.10 Å². The van der Waals surface area contributed by atoms with Gasteiger partial charge in [-0.05, 0) is 12.5 Å². The summed E-state index contributed by atoms with van der Waals surface area (Å²) < 4.78 is 10.3. The lowest BCUT2D eigenvalue weighted by atomic mass is 10.1. The molecule has 0 saturated carbocycles. The van der Waals surface area contributed by atoms with Gasteiger partial charge in [0, 0.05) is 19.6 Å². The van der Waals surface area contributed by atoms with Crippen molar-refractivity contribution in [2.45, 2.75) is 25.7 Å². The minimum absolute atomic E-state index is 0.260. The molecule has 1 fully saturated rings. The van der Waals surface area contributed by atoms with Gasteiger partial charge in [-0.2, -0.15) is 0 Å². The molecule has 1 aromatic carbocycles. The van der Waals surface area contributed by atoms with Crippen LogP contribution in [-0.2, 0) is 20.8 Å². The van der Waals surface area contributed by atoms with E-state index >= 15 is 0 Å². The second-order valence-corrected chi connectivity index (χ2v) is 4.83. The third-order valence-electron chi connectivity index (χ3n) is 3.31. The predicted octanol–water partition coefficient (Wildman–Crippen LogP) is 0.811. The summed E-state index contributed by atoms with van der Waals surface area (Å²) in [7, 11) is 0. The van der Waals surface area contributed by atoms with Gasteiger partial charge in [0.2, 0.25) is 0 Å². The zero-order valence-electron chi connectivity index (χ0n) is 11.7. The largest absolute Gasteiger partial charge is 0.464 e. The lowest BCUT2D eigenvalue weighted by Crippen LogP contribution is -2.50. The normalized spacial score (nSPS) is 21.4. The van der Waals surface area contributed by atoms with Crippen LogP contribution in [0.1, 0.15) is 12.5 Å². The zero-order chi connectivity index (χ0) is 14.4. The Morgan fingerprint density at radius 2 is 2.25 bits per heavy atom. The number of carbonyl (C=O) groups excluding carboxylic acids is 1. The van der Waals surface area contributed by atoms with E-state index in [1.807, 2.05) is 18.2 Å². The van der Waals surface area contributed by atoms with E-state index in [0.717, 1.165) is 13.1 Å². The highest BCUT2D eigenvalue weighted by Crippen LogP contribution is 2.13. The standard InChI is InChI=1S/C15H21NO4/c1-2-19-15(18)14(17)13-11-16(8-9-20-13)10-12-6-4-3-5-7-12/h3-7,13-14,17H,2,8-11H2,1H3. The minimum atomic E-state index is -1.21. The van der Waals surface area contributed by atoms with E-state index < -0.39 is 18.2 Å². The summed E-state index contributed by atoms with van der Waals surface area (Å²) in [5.41, 5.74) is 1.21. The van der Waals surface area contributed by atoms with Crippen molar-refractivity contribution < 1.29 is 19.4 Å². The molecule has 2 rings (SSSR count). The molecule has 1 aliphatic rings. The maximum Gasteiger partial charge on any atom is 0.337 e. The van der Waals surface area contributed by atoms with Crippen molar-refractivity contribution >= 4 is 5.97 Å². The van der Waals surface area contributed by atoms with Crippen LogP contribution in [0.15, 0.2) is 30.3 Å². The van der Waals surface area contributed by atoms with Crippen molar-refractivity contribution in [2.75, 3.05) is 26.3 Å². The molecule has 0 aliphatic carbocycles. The molecule has 1 N–H and O–H groups in total. The third kappa shape index (κ3) is 4.03. The van der Waals surface area contributed by atoms with Gasteiger partial charge in [-0.3, -0.25) is 4.90 Å². The number of morpholine rings is 1. The van der Waals surface area contributed by atoms with Crippen LogP contribution in [0.3, 0.4) is 0 Å². The van der Waals surface area contributed by atoms with Gasteiger partial charge in [-0.1, -0.05) is 30.3 Å². The smallest absolute Gasteiger partial charge is 0.337 e. The fourth-order valence-electron chi connectivity index (χ4n) is 2.29. The van der Waals surface area contributed by atoms with Gasteiger partial charge in [0.05, 0.1) is 13.2 Å². The molecule has 0 radical (unpaired) electrons. The van der Waals surface area contributed by atoms with Crippen molar-refractivity contribution in [3.05, 3.63) is 35.9 Å². The maximum absolute atomic E-state index is 11.5.